The van der Waals surface area contributed by atoms with Gasteiger partial charge in [0, 0.05) is 18.8 Å². The van der Waals surface area contributed by atoms with Crippen molar-refractivity contribution in [1.82, 2.24) is 4.90 Å². The Bertz CT molecular complexity index is 260. The number of nitrogens with zero attached hydrogens (tertiary/aromatic N) is 1. The van der Waals surface area contributed by atoms with E-state index in [0.29, 0.717) is 25.3 Å². The highest BCUT2D eigenvalue weighted by molar-refractivity contribution is 7.99. The molecule has 0 aromatic carbocycles. The molecule has 0 spiro atoms. The molecule has 1 atom stereocenters. The van der Waals surface area contributed by atoms with E-state index < -0.39 is 17.6 Å². The maximum atomic E-state index is 12.6. The van der Waals surface area contributed by atoms with E-state index in [0.717, 1.165) is 12.7 Å². The molecule has 1 saturated heterocycles. The molecule has 94 valence electrons. The minimum Gasteiger partial charge on any atom is -0.340 e. The van der Waals surface area contributed by atoms with Gasteiger partial charge in [-0.3, -0.25) is 4.79 Å². The number of nitrogens with two attached hydrogens (primary N) is 1. The molecule has 1 aliphatic heterocycles. The second-order valence-corrected chi connectivity index (χ2v) is 5.18. The topological polar surface area (TPSA) is 46.3 Å². The zero-order valence-corrected chi connectivity index (χ0v) is 9.83. The highest BCUT2D eigenvalue weighted by Crippen LogP contribution is 2.30. The Morgan fingerprint density at radius 3 is 2.50 bits per heavy atom. The van der Waals surface area contributed by atoms with Gasteiger partial charge in [0.15, 0.2) is 5.54 Å². The van der Waals surface area contributed by atoms with Crippen LogP contribution in [0.4, 0.5) is 13.2 Å². The maximum Gasteiger partial charge on any atom is 0.415 e. The number of amides is 1. The number of halogens is 3. The predicted octanol–water partition coefficient (Wildman–Crippen LogP) is 1.23. The number of rotatable bonds is 1. The lowest BCUT2D eigenvalue weighted by Crippen LogP contribution is -2.62. The second kappa shape index (κ2) is 4.83. The molecule has 0 aromatic heterocycles. The third-order valence-corrected chi connectivity index (χ3v) is 3.59. The van der Waals surface area contributed by atoms with Gasteiger partial charge in [-0.05, 0) is 19.1 Å². The van der Waals surface area contributed by atoms with Gasteiger partial charge in [0.05, 0.1) is 0 Å². The molecule has 0 saturated carbocycles. The van der Waals surface area contributed by atoms with Crippen molar-refractivity contribution in [3.63, 3.8) is 0 Å². The van der Waals surface area contributed by atoms with Crippen LogP contribution in [0.25, 0.3) is 0 Å². The summed E-state index contributed by atoms with van der Waals surface area (Å²) in [4.78, 5) is 12.9. The summed E-state index contributed by atoms with van der Waals surface area (Å²) < 4.78 is 37.7. The van der Waals surface area contributed by atoms with E-state index in [1.165, 1.54) is 4.90 Å². The van der Waals surface area contributed by atoms with Crippen LogP contribution < -0.4 is 5.73 Å². The van der Waals surface area contributed by atoms with E-state index in [4.69, 9.17) is 5.73 Å². The molecular formula is C9H15F3N2OS. The number of hydrogen-bond donors (Lipinski definition) is 1. The third kappa shape index (κ3) is 2.82. The predicted molar refractivity (Wildman–Crippen MR) is 57.2 cm³/mol. The van der Waals surface area contributed by atoms with Crippen LogP contribution in [0.3, 0.4) is 0 Å². The molecule has 1 rings (SSSR count). The Morgan fingerprint density at radius 2 is 1.94 bits per heavy atom. The van der Waals surface area contributed by atoms with E-state index in [1.807, 2.05) is 0 Å². The molecule has 1 fully saturated rings. The first-order valence-electron chi connectivity index (χ1n) is 4.99. The lowest BCUT2D eigenvalue weighted by Gasteiger charge is -2.32. The van der Waals surface area contributed by atoms with Crippen molar-refractivity contribution in [1.29, 1.82) is 0 Å². The van der Waals surface area contributed by atoms with Crippen molar-refractivity contribution < 1.29 is 18.0 Å². The van der Waals surface area contributed by atoms with Crippen LogP contribution in [0.15, 0.2) is 0 Å². The van der Waals surface area contributed by atoms with E-state index in [2.05, 4.69) is 0 Å². The minimum absolute atomic E-state index is 0.340. The Morgan fingerprint density at radius 1 is 1.31 bits per heavy atom. The van der Waals surface area contributed by atoms with Crippen molar-refractivity contribution in [2.75, 3.05) is 24.6 Å². The Hall–Kier alpha value is -0.430. The molecular weight excluding hydrogens is 241 g/mol. The normalized spacial score (nSPS) is 22.4. The Balaban J connectivity index is 2.75. The Kier molecular flexibility index (Phi) is 4.12. The molecule has 0 aromatic rings. The number of carbonyl (C=O) groups excluding carboxylic acids is 1. The van der Waals surface area contributed by atoms with Gasteiger partial charge in [-0.15, -0.1) is 0 Å². The largest absolute Gasteiger partial charge is 0.415 e. The summed E-state index contributed by atoms with van der Waals surface area (Å²) in [7, 11) is 0. The number of alkyl halides is 3. The second-order valence-electron chi connectivity index (χ2n) is 3.96. The van der Waals surface area contributed by atoms with Gasteiger partial charge < -0.3 is 10.6 Å². The first kappa shape index (κ1) is 13.6. The van der Waals surface area contributed by atoms with Gasteiger partial charge in [-0.2, -0.15) is 24.9 Å². The first-order valence-corrected chi connectivity index (χ1v) is 6.15. The molecule has 0 bridgehead atoms. The highest BCUT2D eigenvalue weighted by atomic mass is 32.2. The fourth-order valence-corrected chi connectivity index (χ4v) is 2.29. The zero-order chi connectivity index (χ0) is 12.4. The summed E-state index contributed by atoms with van der Waals surface area (Å²) in [5.74, 6) is 0.513. The van der Waals surface area contributed by atoms with E-state index in [1.54, 1.807) is 11.8 Å². The molecule has 1 aliphatic rings. The van der Waals surface area contributed by atoms with Crippen LogP contribution in [0.5, 0.6) is 0 Å². The summed E-state index contributed by atoms with van der Waals surface area (Å²) in [6.45, 7) is 1.43. The van der Waals surface area contributed by atoms with E-state index >= 15 is 0 Å². The summed E-state index contributed by atoms with van der Waals surface area (Å²) in [6.07, 6.45) is -3.99. The molecule has 0 aliphatic carbocycles. The fourth-order valence-electron chi connectivity index (χ4n) is 1.40. The van der Waals surface area contributed by atoms with Gasteiger partial charge in [-0.1, -0.05) is 0 Å². The van der Waals surface area contributed by atoms with Crippen LogP contribution >= 0.6 is 11.8 Å². The van der Waals surface area contributed by atoms with Gasteiger partial charge in [0.25, 0.3) is 5.91 Å². The summed E-state index contributed by atoms with van der Waals surface area (Å²) in [5, 5.41) is 0. The van der Waals surface area contributed by atoms with Crippen LogP contribution in [-0.4, -0.2) is 47.1 Å². The maximum absolute atomic E-state index is 12.6. The van der Waals surface area contributed by atoms with Crippen LogP contribution in [-0.2, 0) is 4.79 Å². The van der Waals surface area contributed by atoms with Crippen molar-refractivity contribution >= 4 is 17.7 Å². The van der Waals surface area contributed by atoms with Gasteiger partial charge in [0.2, 0.25) is 0 Å². The molecule has 1 unspecified atom stereocenters. The van der Waals surface area contributed by atoms with Crippen molar-refractivity contribution in [3.8, 4) is 0 Å². The molecule has 1 amide bonds. The SMILES string of the molecule is CC(N)(C(=O)N1CCCSCC1)C(F)(F)F. The average Bonchev–Trinajstić information content (AvgIpc) is 2.42. The summed E-state index contributed by atoms with van der Waals surface area (Å²) >= 11 is 1.64. The zero-order valence-electron chi connectivity index (χ0n) is 9.01. The molecule has 0 radical (unpaired) electrons. The standard InChI is InChI=1S/C9H15F3N2OS/c1-8(13,9(10,11)12)7(15)14-3-2-5-16-6-4-14/h2-6,13H2,1H3. The smallest absolute Gasteiger partial charge is 0.340 e. The average molecular weight is 256 g/mol. The summed E-state index contributed by atoms with van der Waals surface area (Å²) in [5.41, 5.74) is 2.32. The number of thioether (sulfide) groups is 1. The molecule has 16 heavy (non-hydrogen) atoms. The third-order valence-electron chi connectivity index (χ3n) is 2.54. The fraction of sp³-hybridized carbons (Fsp3) is 0.889. The van der Waals surface area contributed by atoms with Crippen molar-refractivity contribution in [3.05, 3.63) is 0 Å². The van der Waals surface area contributed by atoms with Crippen LogP contribution in [0.1, 0.15) is 13.3 Å². The van der Waals surface area contributed by atoms with Gasteiger partial charge >= 0.3 is 6.18 Å². The highest BCUT2D eigenvalue weighted by Gasteiger charge is 2.55. The number of hydrogen-bond acceptors (Lipinski definition) is 3. The van der Waals surface area contributed by atoms with Gasteiger partial charge in [-0.25, -0.2) is 0 Å². The first-order chi connectivity index (χ1) is 7.27. The number of carbonyl (C=O) groups is 1. The molecule has 1 heterocycles. The van der Waals surface area contributed by atoms with Crippen molar-refractivity contribution in [2.45, 2.75) is 25.1 Å². The monoisotopic (exact) mass is 256 g/mol. The van der Waals surface area contributed by atoms with E-state index in [9.17, 15) is 18.0 Å². The van der Waals surface area contributed by atoms with Crippen LogP contribution in [0.2, 0.25) is 0 Å². The van der Waals surface area contributed by atoms with E-state index in [-0.39, 0.29) is 0 Å². The minimum atomic E-state index is -4.70. The summed E-state index contributed by atoms with van der Waals surface area (Å²) in [6, 6.07) is 0. The van der Waals surface area contributed by atoms with Crippen LogP contribution in [0, 0.1) is 0 Å². The van der Waals surface area contributed by atoms with Gasteiger partial charge in [0.1, 0.15) is 0 Å². The lowest BCUT2D eigenvalue weighted by molar-refractivity contribution is -0.193. The quantitative estimate of drug-likeness (QED) is 0.767. The molecule has 2 N–H and O–H groups in total. The van der Waals surface area contributed by atoms with Crippen molar-refractivity contribution in [2.24, 2.45) is 5.73 Å². The molecule has 7 heteroatoms. The molecule has 3 nitrogen and oxygen atoms in total. The lowest BCUT2D eigenvalue weighted by atomic mass is 10.0. The Labute approximate surface area is 96.5 Å².